The molecule has 1 aromatic heterocycles. The highest BCUT2D eigenvalue weighted by Gasteiger charge is 1.93. The summed E-state index contributed by atoms with van der Waals surface area (Å²) in [5, 5.41) is 8.73. The Morgan fingerprint density at radius 1 is 1.50 bits per heavy atom. The Balaban J connectivity index is 2.50. The van der Waals surface area contributed by atoms with E-state index in [0.717, 1.165) is 0 Å². The summed E-state index contributed by atoms with van der Waals surface area (Å²) in [6.45, 7) is 1.54. The summed E-state index contributed by atoms with van der Waals surface area (Å²) in [5.41, 5.74) is 0.955. The molecular formula is C12H10N2OS. The van der Waals surface area contributed by atoms with E-state index >= 15 is 0 Å². The Kier molecular flexibility index (Phi) is 5.11. The number of hydrogen-bond donors (Lipinski definition) is 0. The van der Waals surface area contributed by atoms with E-state index in [2.05, 4.69) is 16.8 Å². The Hall–Kier alpha value is -1.78. The van der Waals surface area contributed by atoms with E-state index in [1.165, 1.54) is 18.7 Å². The third-order valence-corrected chi connectivity index (χ3v) is 2.43. The van der Waals surface area contributed by atoms with Crippen LogP contribution < -0.4 is 0 Å². The minimum atomic E-state index is 0.103. The minimum absolute atomic E-state index is 0.103. The maximum Gasteiger partial charge on any atom is 0.185 e. The normalized spacial score (nSPS) is 8.75. The van der Waals surface area contributed by atoms with Crippen LogP contribution in [0, 0.1) is 23.2 Å². The summed E-state index contributed by atoms with van der Waals surface area (Å²) in [4.78, 5) is 14.6. The molecular weight excluding hydrogens is 220 g/mol. The van der Waals surface area contributed by atoms with Crippen LogP contribution in [-0.4, -0.2) is 15.9 Å². The van der Waals surface area contributed by atoms with E-state index in [4.69, 9.17) is 5.26 Å². The molecule has 1 rings (SSSR count). The van der Waals surface area contributed by atoms with E-state index in [-0.39, 0.29) is 5.12 Å². The van der Waals surface area contributed by atoms with Crippen LogP contribution in [0.25, 0.3) is 0 Å². The fourth-order valence-corrected chi connectivity index (χ4v) is 1.46. The van der Waals surface area contributed by atoms with Gasteiger partial charge in [0, 0.05) is 19.1 Å². The van der Waals surface area contributed by atoms with Gasteiger partial charge in [-0.1, -0.05) is 23.7 Å². The number of carbonyl (C=O) groups excluding carboxylic acids is 1. The number of nitrogens with zero attached hydrogens (tertiary/aromatic N) is 2. The van der Waals surface area contributed by atoms with Crippen molar-refractivity contribution in [2.75, 3.05) is 5.75 Å². The van der Waals surface area contributed by atoms with Crippen LogP contribution in [0.2, 0.25) is 0 Å². The third kappa shape index (κ3) is 4.63. The van der Waals surface area contributed by atoms with Gasteiger partial charge in [-0.05, 0) is 18.1 Å². The Morgan fingerprint density at radius 2 is 2.25 bits per heavy atom. The molecule has 80 valence electrons. The topological polar surface area (TPSA) is 53.8 Å². The number of carbonyl (C=O) groups is 1. The van der Waals surface area contributed by atoms with E-state index < -0.39 is 0 Å². The van der Waals surface area contributed by atoms with E-state index in [9.17, 15) is 4.79 Å². The van der Waals surface area contributed by atoms with Gasteiger partial charge in [-0.25, -0.2) is 4.98 Å². The average molecular weight is 230 g/mol. The molecule has 0 unspecified atom stereocenters. The van der Waals surface area contributed by atoms with E-state index in [0.29, 0.717) is 23.6 Å². The van der Waals surface area contributed by atoms with Gasteiger partial charge in [0.05, 0.1) is 0 Å². The van der Waals surface area contributed by atoms with Crippen LogP contribution >= 0.6 is 11.8 Å². The molecule has 0 saturated heterocycles. The van der Waals surface area contributed by atoms with Crippen molar-refractivity contribution in [3.8, 4) is 17.9 Å². The van der Waals surface area contributed by atoms with Gasteiger partial charge in [-0.2, -0.15) is 5.26 Å². The first-order valence-corrected chi connectivity index (χ1v) is 5.70. The fourth-order valence-electron chi connectivity index (χ4n) is 0.965. The van der Waals surface area contributed by atoms with Crippen molar-refractivity contribution in [2.24, 2.45) is 0 Å². The highest BCUT2D eigenvalue weighted by molar-refractivity contribution is 8.13. The maximum absolute atomic E-state index is 10.6. The largest absolute Gasteiger partial charge is 0.288 e. The van der Waals surface area contributed by atoms with Crippen molar-refractivity contribution >= 4 is 16.9 Å². The van der Waals surface area contributed by atoms with Gasteiger partial charge >= 0.3 is 0 Å². The molecule has 0 aliphatic rings. The number of pyridine rings is 1. The first-order valence-electron chi connectivity index (χ1n) is 4.72. The van der Waals surface area contributed by atoms with Crippen LogP contribution in [0.4, 0.5) is 0 Å². The van der Waals surface area contributed by atoms with Crippen molar-refractivity contribution < 1.29 is 4.79 Å². The lowest BCUT2D eigenvalue weighted by atomic mass is 10.3. The fraction of sp³-hybridized carbons (Fsp3) is 0.250. The van der Waals surface area contributed by atoms with Gasteiger partial charge in [-0.15, -0.1) is 0 Å². The number of rotatable bonds is 2. The molecule has 0 radical (unpaired) electrons. The smallest absolute Gasteiger partial charge is 0.185 e. The molecule has 1 heterocycles. The summed E-state index contributed by atoms with van der Waals surface area (Å²) in [6, 6.07) is 7.10. The monoisotopic (exact) mass is 230 g/mol. The Bertz CT molecular complexity index is 480. The molecule has 0 fully saturated rings. The Labute approximate surface area is 98.9 Å². The minimum Gasteiger partial charge on any atom is -0.288 e. The van der Waals surface area contributed by atoms with Crippen LogP contribution in [0.15, 0.2) is 18.2 Å². The van der Waals surface area contributed by atoms with Crippen molar-refractivity contribution in [2.45, 2.75) is 13.3 Å². The van der Waals surface area contributed by atoms with Gasteiger partial charge in [0.1, 0.15) is 17.5 Å². The van der Waals surface area contributed by atoms with Crippen molar-refractivity contribution in [3.63, 3.8) is 0 Å². The van der Waals surface area contributed by atoms with Crippen LogP contribution in [-0.2, 0) is 4.79 Å². The predicted octanol–water partition coefficient (Wildman–Crippen LogP) is 1.97. The van der Waals surface area contributed by atoms with Gasteiger partial charge in [0.25, 0.3) is 0 Å². The molecule has 0 spiro atoms. The molecule has 16 heavy (non-hydrogen) atoms. The maximum atomic E-state index is 10.6. The highest BCUT2D eigenvalue weighted by Crippen LogP contribution is 2.02. The second-order valence-electron chi connectivity index (χ2n) is 2.91. The molecule has 0 atom stereocenters. The lowest BCUT2D eigenvalue weighted by Gasteiger charge is -1.90. The molecule has 1 aromatic rings. The summed E-state index contributed by atoms with van der Waals surface area (Å²) < 4.78 is 0. The first-order chi connectivity index (χ1) is 7.72. The van der Waals surface area contributed by atoms with Crippen LogP contribution in [0.3, 0.4) is 0 Å². The van der Waals surface area contributed by atoms with Gasteiger partial charge < -0.3 is 0 Å². The zero-order chi connectivity index (χ0) is 11.8. The SMILES string of the molecule is CC(=O)SCCC#Cc1cccc(C#N)n1. The molecule has 4 heteroatoms. The first kappa shape index (κ1) is 12.3. The summed E-state index contributed by atoms with van der Waals surface area (Å²) in [5.74, 6) is 6.46. The zero-order valence-electron chi connectivity index (χ0n) is 8.86. The molecule has 0 aromatic carbocycles. The number of hydrogen-bond acceptors (Lipinski definition) is 4. The molecule has 3 nitrogen and oxygen atoms in total. The van der Waals surface area contributed by atoms with Gasteiger partial charge in [0.2, 0.25) is 0 Å². The molecule has 0 amide bonds. The second-order valence-corrected chi connectivity index (χ2v) is 4.18. The predicted molar refractivity (Wildman–Crippen MR) is 63.6 cm³/mol. The molecule has 0 saturated carbocycles. The Morgan fingerprint density at radius 3 is 2.94 bits per heavy atom. The second kappa shape index (κ2) is 6.66. The van der Waals surface area contributed by atoms with Crippen LogP contribution in [0.1, 0.15) is 24.7 Å². The molecule has 0 aliphatic carbocycles. The highest BCUT2D eigenvalue weighted by atomic mass is 32.2. The summed E-state index contributed by atoms with van der Waals surface area (Å²) in [7, 11) is 0. The number of thioether (sulfide) groups is 1. The lowest BCUT2D eigenvalue weighted by molar-refractivity contribution is -0.109. The number of nitriles is 1. The van der Waals surface area contributed by atoms with E-state index in [1.54, 1.807) is 18.2 Å². The van der Waals surface area contributed by atoms with Crippen LogP contribution in [0.5, 0.6) is 0 Å². The van der Waals surface area contributed by atoms with Crippen molar-refractivity contribution in [1.82, 2.24) is 4.98 Å². The molecule has 0 aliphatic heterocycles. The van der Waals surface area contributed by atoms with E-state index in [1.807, 2.05) is 6.07 Å². The average Bonchev–Trinajstić information content (AvgIpc) is 2.28. The molecule has 0 N–H and O–H groups in total. The summed E-state index contributed by atoms with van der Waals surface area (Å²) in [6.07, 6.45) is 0.642. The zero-order valence-corrected chi connectivity index (χ0v) is 9.67. The van der Waals surface area contributed by atoms with Crippen molar-refractivity contribution in [1.29, 1.82) is 5.26 Å². The lowest BCUT2D eigenvalue weighted by Crippen LogP contribution is -1.87. The van der Waals surface area contributed by atoms with Gasteiger partial charge in [-0.3, -0.25) is 4.79 Å². The van der Waals surface area contributed by atoms with Crippen molar-refractivity contribution in [3.05, 3.63) is 29.6 Å². The third-order valence-electron chi connectivity index (χ3n) is 1.61. The standard InChI is InChI=1S/C12H10N2OS/c1-10(15)16-8-3-2-5-11-6-4-7-12(9-13)14-11/h4,6-7H,3,8H2,1H3. The molecule has 0 bridgehead atoms. The quantitative estimate of drug-likeness (QED) is 0.576. The van der Waals surface area contributed by atoms with Gasteiger partial charge in [0.15, 0.2) is 5.12 Å². The number of aromatic nitrogens is 1. The summed E-state index contributed by atoms with van der Waals surface area (Å²) >= 11 is 1.26.